The molecule has 5 heteroatoms. The Morgan fingerprint density at radius 3 is 2.03 bits per heavy atom. The molecule has 1 heterocycles. The van der Waals surface area contributed by atoms with E-state index in [-0.39, 0.29) is 4.90 Å². The topological polar surface area (TPSA) is 59.1 Å². The van der Waals surface area contributed by atoms with Gasteiger partial charge in [0.25, 0.3) is 0 Å². The third-order valence-corrected chi connectivity index (χ3v) is 6.31. The first-order valence-electron chi connectivity index (χ1n) is 9.69. The fourth-order valence-corrected chi connectivity index (χ4v) is 4.46. The normalized spacial score (nSPS) is 12.4. The lowest BCUT2D eigenvalue weighted by atomic mass is 10.0. The molecule has 0 amide bonds. The monoisotopic (exact) mass is 414 g/mol. The summed E-state index contributed by atoms with van der Waals surface area (Å²) in [5.74, 6) is 0. The molecule has 1 aromatic heterocycles. The van der Waals surface area contributed by atoms with Crippen LogP contribution in [0.25, 0.3) is 11.3 Å². The second kappa shape index (κ2) is 8.61. The summed E-state index contributed by atoms with van der Waals surface area (Å²) in [6.07, 6.45) is 0. The number of benzene rings is 3. The SMILES string of the molecule is Cc1ccc(S(=O)(=O)N[C@H](c2ccccc2)c2cccc(-c3ccccc3)n2)cc1. The number of nitrogens with zero attached hydrogens (tertiary/aromatic N) is 1. The van der Waals surface area contributed by atoms with E-state index >= 15 is 0 Å². The van der Waals surface area contributed by atoms with Gasteiger partial charge < -0.3 is 0 Å². The van der Waals surface area contributed by atoms with Crippen molar-refractivity contribution in [3.05, 3.63) is 120 Å². The summed E-state index contributed by atoms with van der Waals surface area (Å²) in [4.78, 5) is 5.01. The van der Waals surface area contributed by atoms with Crippen LogP contribution in [-0.2, 0) is 10.0 Å². The predicted molar refractivity (Wildman–Crippen MR) is 119 cm³/mol. The van der Waals surface area contributed by atoms with Gasteiger partial charge in [0.2, 0.25) is 10.0 Å². The molecule has 1 N–H and O–H groups in total. The maximum absolute atomic E-state index is 13.1. The Morgan fingerprint density at radius 1 is 0.733 bits per heavy atom. The number of rotatable bonds is 6. The fraction of sp³-hybridized carbons (Fsp3) is 0.0800. The highest BCUT2D eigenvalue weighted by Gasteiger charge is 2.24. The van der Waals surface area contributed by atoms with Crippen LogP contribution in [0, 0.1) is 6.92 Å². The van der Waals surface area contributed by atoms with Gasteiger partial charge in [0.05, 0.1) is 22.3 Å². The summed E-state index contributed by atoms with van der Waals surface area (Å²) in [6.45, 7) is 1.93. The molecule has 0 bridgehead atoms. The molecule has 4 nitrogen and oxygen atoms in total. The van der Waals surface area contributed by atoms with Crippen LogP contribution >= 0.6 is 0 Å². The van der Waals surface area contributed by atoms with E-state index in [1.165, 1.54) is 0 Å². The summed E-state index contributed by atoms with van der Waals surface area (Å²) in [5.41, 5.74) is 4.24. The van der Waals surface area contributed by atoms with Crippen LogP contribution in [0.3, 0.4) is 0 Å². The molecule has 4 rings (SSSR count). The van der Waals surface area contributed by atoms with Gasteiger partial charge in [-0.05, 0) is 36.8 Å². The van der Waals surface area contributed by atoms with E-state index in [9.17, 15) is 8.42 Å². The van der Waals surface area contributed by atoms with Crippen LogP contribution in [0.2, 0.25) is 0 Å². The molecular weight excluding hydrogens is 392 g/mol. The molecule has 0 aliphatic heterocycles. The van der Waals surface area contributed by atoms with E-state index in [0.717, 1.165) is 22.4 Å². The minimum Gasteiger partial charge on any atom is -0.251 e. The second-order valence-electron chi connectivity index (χ2n) is 7.09. The summed E-state index contributed by atoms with van der Waals surface area (Å²) >= 11 is 0. The van der Waals surface area contributed by atoms with E-state index in [4.69, 9.17) is 4.98 Å². The lowest BCUT2D eigenvalue weighted by Gasteiger charge is -2.20. The largest absolute Gasteiger partial charge is 0.251 e. The minimum absolute atomic E-state index is 0.230. The Balaban J connectivity index is 1.76. The van der Waals surface area contributed by atoms with Crippen molar-refractivity contribution >= 4 is 10.0 Å². The van der Waals surface area contributed by atoms with Crippen molar-refractivity contribution in [3.8, 4) is 11.3 Å². The van der Waals surface area contributed by atoms with Gasteiger partial charge in [-0.3, -0.25) is 4.98 Å². The molecule has 3 aromatic carbocycles. The molecule has 1 atom stereocenters. The van der Waals surface area contributed by atoms with Gasteiger partial charge in [0.15, 0.2) is 0 Å². The highest BCUT2D eigenvalue weighted by molar-refractivity contribution is 7.89. The van der Waals surface area contributed by atoms with Crippen LogP contribution in [-0.4, -0.2) is 13.4 Å². The average molecular weight is 415 g/mol. The number of pyridine rings is 1. The van der Waals surface area contributed by atoms with Crippen LogP contribution < -0.4 is 4.72 Å². The zero-order chi connectivity index (χ0) is 21.0. The van der Waals surface area contributed by atoms with Gasteiger partial charge in [-0.1, -0.05) is 84.4 Å². The first kappa shape index (κ1) is 20.0. The van der Waals surface area contributed by atoms with E-state index in [2.05, 4.69) is 4.72 Å². The number of hydrogen-bond acceptors (Lipinski definition) is 3. The standard InChI is InChI=1S/C25H22N2O2S/c1-19-15-17-22(18-16-19)30(28,29)27-25(21-11-6-3-7-12-21)24-14-8-13-23(26-24)20-9-4-2-5-10-20/h2-18,25,27H,1H3/t25-/m1/s1. The lowest BCUT2D eigenvalue weighted by molar-refractivity contribution is 0.570. The van der Waals surface area contributed by atoms with Crippen LogP contribution in [0.15, 0.2) is 108 Å². The van der Waals surface area contributed by atoms with Crippen molar-refractivity contribution < 1.29 is 8.42 Å². The van der Waals surface area contributed by atoms with Gasteiger partial charge in [-0.25, -0.2) is 8.42 Å². The molecule has 0 spiro atoms. The number of hydrogen-bond donors (Lipinski definition) is 1. The molecule has 0 radical (unpaired) electrons. The summed E-state index contributed by atoms with van der Waals surface area (Å²) in [7, 11) is -3.74. The van der Waals surface area contributed by atoms with E-state index in [0.29, 0.717) is 5.69 Å². The van der Waals surface area contributed by atoms with Crippen LogP contribution in [0.4, 0.5) is 0 Å². The van der Waals surface area contributed by atoms with Crippen molar-refractivity contribution in [3.63, 3.8) is 0 Å². The van der Waals surface area contributed by atoms with Gasteiger partial charge in [-0.2, -0.15) is 4.72 Å². The molecule has 0 saturated heterocycles. The molecule has 0 aliphatic rings. The maximum Gasteiger partial charge on any atom is 0.241 e. The minimum atomic E-state index is -3.74. The van der Waals surface area contributed by atoms with Gasteiger partial charge in [0.1, 0.15) is 0 Å². The quantitative estimate of drug-likeness (QED) is 0.476. The molecule has 0 unspecified atom stereocenters. The van der Waals surface area contributed by atoms with E-state index in [1.807, 2.05) is 85.8 Å². The molecule has 150 valence electrons. The number of aryl methyl sites for hydroxylation is 1. The fourth-order valence-electron chi connectivity index (χ4n) is 3.27. The van der Waals surface area contributed by atoms with Gasteiger partial charge >= 0.3 is 0 Å². The van der Waals surface area contributed by atoms with E-state index < -0.39 is 16.1 Å². The van der Waals surface area contributed by atoms with Gasteiger partial charge in [-0.15, -0.1) is 0 Å². The Hall–Kier alpha value is -3.28. The van der Waals surface area contributed by atoms with Crippen LogP contribution in [0.5, 0.6) is 0 Å². The molecule has 30 heavy (non-hydrogen) atoms. The summed E-state index contributed by atoms with van der Waals surface area (Å²) < 4.78 is 29.1. The second-order valence-corrected chi connectivity index (χ2v) is 8.81. The van der Waals surface area contributed by atoms with Crippen LogP contribution in [0.1, 0.15) is 22.9 Å². The van der Waals surface area contributed by atoms with Crippen molar-refractivity contribution in [2.75, 3.05) is 0 Å². The Kier molecular flexibility index (Phi) is 5.74. The highest BCUT2D eigenvalue weighted by atomic mass is 32.2. The lowest BCUT2D eigenvalue weighted by Crippen LogP contribution is -2.30. The molecule has 0 fully saturated rings. The Morgan fingerprint density at radius 2 is 1.37 bits per heavy atom. The third-order valence-electron chi connectivity index (χ3n) is 4.87. The summed E-state index contributed by atoms with van der Waals surface area (Å²) in [6, 6.07) is 31.2. The summed E-state index contributed by atoms with van der Waals surface area (Å²) in [5, 5.41) is 0. The van der Waals surface area contributed by atoms with Crippen molar-refractivity contribution in [1.82, 2.24) is 9.71 Å². The number of nitrogens with one attached hydrogen (secondary N) is 1. The van der Waals surface area contributed by atoms with Crippen molar-refractivity contribution in [2.24, 2.45) is 0 Å². The highest BCUT2D eigenvalue weighted by Crippen LogP contribution is 2.26. The smallest absolute Gasteiger partial charge is 0.241 e. The Labute approximate surface area is 177 Å². The van der Waals surface area contributed by atoms with Crippen molar-refractivity contribution in [1.29, 1.82) is 0 Å². The third kappa shape index (κ3) is 4.48. The first-order chi connectivity index (χ1) is 14.5. The number of aromatic nitrogens is 1. The van der Waals surface area contributed by atoms with E-state index in [1.54, 1.807) is 24.3 Å². The Bertz CT molecular complexity index is 1220. The van der Waals surface area contributed by atoms with Crippen molar-refractivity contribution in [2.45, 2.75) is 17.9 Å². The number of sulfonamides is 1. The molecule has 4 aromatic rings. The average Bonchev–Trinajstić information content (AvgIpc) is 2.79. The first-order valence-corrected chi connectivity index (χ1v) is 11.2. The van der Waals surface area contributed by atoms with Gasteiger partial charge in [0, 0.05) is 5.56 Å². The molecule has 0 saturated carbocycles. The molecular formula is C25H22N2O2S. The molecule has 0 aliphatic carbocycles. The predicted octanol–water partition coefficient (Wildman–Crippen LogP) is 5.12. The zero-order valence-corrected chi connectivity index (χ0v) is 17.4. The maximum atomic E-state index is 13.1. The zero-order valence-electron chi connectivity index (χ0n) is 16.6.